The van der Waals surface area contributed by atoms with Crippen molar-refractivity contribution in [2.24, 2.45) is 0 Å². The molecule has 0 spiro atoms. The van der Waals surface area contributed by atoms with Gasteiger partial charge in [-0.15, -0.1) is 0 Å². The van der Waals surface area contributed by atoms with Crippen LogP contribution in [0.4, 0.5) is 0 Å². The van der Waals surface area contributed by atoms with Crippen LogP contribution < -0.4 is 4.74 Å². The van der Waals surface area contributed by atoms with Crippen molar-refractivity contribution in [3.8, 4) is 5.75 Å². The molecule has 12 heavy (non-hydrogen) atoms. The van der Waals surface area contributed by atoms with Gasteiger partial charge in [-0.25, -0.2) is 0 Å². The summed E-state index contributed by atoms with van der Waals surface area (Å²) in [5.41, 5.74) is 0. The van der Waals surface area contributed by atoms with Gasteiger partial charge in [0.25, 0.3) is 0 Å². The van der Waals surface area contributed by atoms with Gasteiger partial charge in [0.2, 0.25) is 0 Å². The van der Waals surface area contributed by atoms with Crippen LogP contribution in [-0.4, -0.2) is 0 Å². The Kier molecular flexibility index (Phi) is 3.92. The molecule has 0 unspecified atom stereocenters. The predicted molar refractivity (Wildman–Crippen MR) is 54.6 cm³/mol. The van der Waals surface area contributed by atoms with E-state index >= 15 is 0 Å². The van der Waals surface area contributed by atoms with Gasteiger partial charge in [0, 0.05) is 4.47 Å². The molecule has 0 heterocycles. The zero-order chi connectivity index (χ0) is 8.97. The summed E-state index contributed by atoms with van der Waals surface area (Å²) in [6, 6.07) is 7.37. The predicted octanol–water partition coefficient (Wildman–Crippen LogP) is 4.10. The van der Waals surface area contributed by atoms with E-state index in [0.29, 0.717) is 5.75 Å². The van der Waals surface area contributed by atoms with Crippen molar-refractivity contribution in [2.75, 3.05) is 0 Å². The van der Waals surface area contributed by atoms with Gasteiger partial charge in [-0.2, -0.15) is 0 Å². The van der Waals surface area contributed by atoms with Crippen LogP contribution in [0.1, 0.15) is 0 Å². The fraction of sp³-hybridized carbons (Fsp3) is 0. The Morgan fingerprint density at radius 2 is 2.17 bits per heavy atom. The SMILES string of the molecule is ClC(Cl)=COc1cccc(Br)c1. The fourth-order valence-electron chi connectivity index (χ4n) is 0.653. The van der Waals surface area contributed by atoms with Crippen molar-refractivity contribution in [1.82, 2.24) is 0 Å². The third-order valence-electron chi connectivity index (χ3n) is 1.08. The average Bonchev–Trinajstić information content (AvgIpc) is 2.01. The molecule has 1 aromatic carbocycles. The highest BCUT2D eigenvalue weighted by molar-refractivity contribution is 9.10. The molecule has 0 aliphatic rings. The van der Waals surface area contributed by atoms with Crippen molar-refractivity contribution in [1.29, 1.82) is 0 Å². The molecule has 4 heteroatoms. The number of hydrogen-bond donors (Lipinski definition) is 0. The summed E-state index contributed by atoms with van der Waals surface area (Å²) in [7, 11) is 0. The molecule has 1 aromatic rings. The van der Waals surface area contributed by atoms with E-state index in [0.717, 1.165) is 4.47 Å². The van der Waals surface area contributed by atoms with E-state index < -0.39 is 0 Å². The quantitative estimate of drug-likeness (QED) is 0.733. The lowest BCUT2D eigenvalue weighted by Crippen LogP contribution is -1.80. The molecule has 0 aliphatic heterocycles. The lowest BCUT2D eigenvalue weighted by molar-refractivity contribution is 0.481. The third-order valence-corrected chi connectivity index (χ3v) is 1.75. The van der Waals surface area contributed by atoms with E-state index in [4.69, 9.17) is 27.9 Å². The number of rotatable bonds is 2. The Hall–Kier alpha value is -0.180. The second-order valence-electron chi connectivity index (χ2n) is 1.98. The third kappa shape index (κ3) is 3.48. The van der Waals surface area contributed by atoms with Crippen LogP contribution in [0.15, 0.2) is 39.5 Å². The van der Waals surface area contributed by atoms with Crippen LogP contribution in [0, 0.1) is 0 Å². The molecule has 0 bridgehead atoms. The molecule has 0 saturated heterocycles. The molecular weight excluding hydrogens is 263 g/mol. The normalized spacial score (nSPS) is 9.25. The Morgan fingerprint density at radius 3 is 2.75 bits per heavy atom. The van der Waals surface area contributed by atoms with Crippen LogP contribution >= 0.6 is 39.1 Å². The number of halogens is 3. The van der Waals surface area contributed by atoms with Crippen LogP contribution in [0.3, 0.4) is 0 Å². The number of ether oxygens (including phenoxy) is 1. The van der Waals surface area contributed by atoms with Gasteiger partial charge in [-0.3, -0.25) is 0 Å². The second-order valence-corrected chi connectivity index (χ2v) is 3.91. The molecule has 0 aliphatic carbocycles. The molecule has 0 aromatic heterocycles. The molecule has 0 fully saturated rings. The standard InChI is InChI=1S/C8H5BrCl2O/c9-6-2-1-3-7(4-6)12-5-8(10)11/h1-5H. The Bertz CT molecular complexity index is 295. The minimum Gasteiger partial charge on any atom is -0.462 e. The van der Waals surface area contributed by atoms with Crippen molar-refractivity contribution < 1.29 is 4.74 Å². The zero-order valence-corrected chi connectivity index (χ0v) is 9.03. The highest BCUT2D eigenvalue weighted by Crippen LogP contribution is 2.19. The lowest BCUT2D eigenvalue weighted by Gasteiger charge is -1.99. The molecule has 1 rings (SSSR count). The molecule has 0 atom stereocenters. The molecular formula is C8H5BrCl2O. The molecule has 0 amide bonds. The van der Waals surface area contributed by atoms with Crippen LogP contribution in [0.25, 0.3) is 0 Å². The smallest absolute Gasteiger partial charge is 0.141 e. The first-order valence-corrected chi connectivity index (χ1v) is 4.67. The minimum absolute atomic E-state index is 0.0926. The minimum atomic E-state index is 0.0926. The van der Waals surface area contributed by atoms with E-state index in [-0.39, 0.29) is 4.49 Å². The first-order chi connectivity index (χ1) is 5.68. The van der Waals surface area contributed by atoms with E-state index in [2.05, 4.69) is 15.9 Å². The van der Waals surface area contributed by atoms with Crippen molar-refractivity contribution in [3.63, 3.8) is 0 Å². The second kappa shape index (κ2) is 4.75. The molecule has 1 nitrogen and oxygen atoms in total. The average molecular weight is 268 g/mol. The maximum absolute atomic E-state index is 5.36. The van der Waals surface area contributed by atoms with Crippen LogP contribution in [0.5, 0.6) is 5.75 Å². The van der Waals surface area contributed by atoms with Gasteiger partial charge in [0.05, 0.1) is 0 Å². The fourth-order valence-corrected chi connectivity index (χ4v) is 1.12. The molecule has 0 N–H and O–H groups in total. The largest absolute Gasteiger partial charge is 0.462 e. The number of hydrogen-bond acceptors (Lipinski definition) is 1. The monoisotopic (exact) mass is 266 g/mol. The van der Waals surface area contributed by atoms with Crippen LogP contribution in [0.2, 0.25) is 0 Å². The van der Waals surface area contributed by atoms with Gasteiger partial charge in [-0.1, -0.05) is 45.2 Å². The highest BCUT2D eigenvalue weighted by Gasteiger charge is 1.92. The Balaban J connectivity index is 2.70. The zero-order valence-electron chi connectivity index (χ0n) is 5.93. The van der Waals surface area contributed by atoms with E-state index in [1.807, 2.05) is 18.2 Å². The summed E-state index contributed by atoms with van der Waals surface area (Å²) in [5, 5.41) is 0. The highest BCUT2D eigenvalue weighted by atomic mass is 79.9. The Labute approximate surface area is 89.1 Å². The van der Waals surface area contributed by atoms with Gasteiger partial charge in [0.15, 0.2) is 0 Å². The first kappa shape index (κ1) is 9.90. The van der Waals surface area contributed by atoms with Gasteiger partial charge < -0.3 is 4.74 Å². The topological polar surface area (TPSA) is 9.23 Å². The summed E-state index contributed by atoms with van der Waals surface area (Å²) in [5.74, 6) is 0.683. The van der Waals surface area contributed by atoms with Crippen molar-refractivity contribution in [2.45, 2.75) is 0 Å². The van der Waals surface area contributed by atoms with E-state index in [1.54, 1.807) is 6.07 Å². The summed E-state index contributed by atoms with van der Waals surface area (Å²) in [4.78, 5) is 0. The van der Waals surface area contributed by atoms with Gasteiger partial charge in [0.1, 0.15) is 16.5 Å². The summed E-state index contributed by atoms with van der Waals surface area (Å²) < 4.78 is 6.13. The summed E-state index contributed by atoms with van der Waals surface area (Å²) in [6.07, 6.45) is 1.27. The number of benzene rings is 1. The van der Waals surface area contributed by atoms with E-state index in [9.17, 15) is 0 Å². The summed E-state index contributed by atoms with van der Waals surface area (Å²) in [6.45, 7) is 0. The van der Waals surface area contributed by atoms with Gasteiger partial charge in [-0.05, 0) is 18.2 Å². The van der Waals surface area contributed by atoms with Gasteiger partial charge >= 0.3 is 0 Å². The molecule has 0 radical (unpaired) electrons. The summed E-state index contributed by atoms with van der Waals surface area (Å²) >= 11 is 14.0. The van der Waals surface area contributed by atoms with Crippen molar-refractivity contribution in [3.05, 3.63) is 39.5 Å². The first-order valence-electron chi connectivity index (χ1n) is 3.12. The maximum atomic E-state index is 5.36. The van der Waals surface area contributed by atoms with Crippen molar-refractivity contribution >= 4 is 39.1 Å². The molecule has 64 valence electrons. The van der Waals surface area contributed by atoms with E-state index in [1.165, 1.54) is 6.26 Å². The Morgan fingerprint density at radius 1 is 1.42 bits per heavy atom. The molecule has 0 saturated carbocycles. The van der Waals surface area contributed by atoms with Crippen LogP contribution in [-0.2, 0) is 0 Å². The maximum Gasteiger partial charge on any atom is 0.141 e. The lowest BCUT2D eigenvalue weighted by atomic mass is 10.3.